The molecule has 5 heteroatoms. The second kappa shape index (κ2) is 4.64. The molecule has 2 rings (SSSR count). The lowest BCUT2D eigenvalue weighted by Gasteiger charge is -2.13. The normalized spacial score (nSPS) is 21.1. The molecular formula is C10H9Cl2NOS. The zero-order chi connectivity index (χ0) is 10.8. The first-order valence-electron chi connectivity index (χ1n) is 4.51. The number of amides is 1. The lowest BCUT2D eigenvalue weighted by Crippen LogP contribution is -2.17. The van der Waals surface area contributed by atoms with E-state index in [9.17, 15) is 4.79 Å². The molecule has 1 amide bonds. The Morgan fingerprint density at radius 2 is 2.07 bits per heavy atom. The number of alkyl halides is 1. The maximum Gasteiger partial charge on any atom is 0.235 e. The molecule has 0 N–H and O–H groups in total. The molecule has 2 nitrogen and oxygen atoms in total. The average molecular weight is 262 g/mol. The van der Waals surface area contributed by atoms with Crippen LogP contribution in [0, 0.1) is 0 Å². The van der Waals surface area contributed by atoms with Gasteiger partial charge in [0, 0.05) is 5.02 Å². The maximum absolute atomic E-state index is 11.5. The van der Waals surface area contributed by atoms with Crippen LogP contribution in [-0.2, 0) is 11.3 Å². The van der Waals surface area contributed by atoms with Crippen LogP contribution in [0.15, 0.2) is 24.3 Å². The highest BCUT2D eigenvalue weighted by molar-refractivity contribution is 7.99. The molecule has 15 heavy (non-hydrogen) atoms. The topological polar surface area (TPSA) is 20.3 Å². The van der Waals surface area contributed by atoms with Crippen LogP contribution in [0.25, 0.3) is 0 Å². The third-order valence-corrected chi connectivity index (χ3v) is 3.72. The summed E-state index contributed by atoms with van der Waals surface area (Å²) in [6.45, 7) is 0.587. The molecule has 1 saturated heterocycles. The van der Waals surface area contributed by atoms with Gasteiger partial charge in [-0.25, -0.2) is 0 Å². The summed E-state index contributed by atoms with van der Waals surface area (Å²) < 4.78 is 1.57. The van der Waals surface area contributed by atoms with Crippen LogP contribution >= 0.6 is 35.1 Å². The van der Waals surface area contributed by atoms with Crippen molar-refractivity contribution < 1.29 is 4.79 Å². The molecule has 1 fully saturated rings. The van der Waals surface area contributed by atoms with E-state index in [0.717, 1.165) is 5.56 Å². The van der Waals surface area contributed by atoms with E-state index in [0.29, 0.717) is 18.0 Å². The first-order chi connectivity index (χ1) is 7.15. The fourth-order valence-corrected chi connectivity index (χ4v) is 2.81. The Morgan fingerprint density at radius 1 is 1.40 bits per heavy atom. The van der Waals surface area contributed by atoms with Crippen molar-refractivity contribution >= 4 is 41.1 Å². The van der Waals surface area contributed by atoms with Gasteiger partial charge in [0.05, 0.1) is 13.0 Å². The largest absolute Gasteiger partial charge is 0.281 e. The molecule has 1 atom stereocenters. The molecule has 1 heterocycles. The van der Waals surface area contributed by atoms with Gasteiger partial charge in [-0.05, 0) is 29.6 Å². The van der Waals surface area contributed by atoms with Crippen molar-refractivity contribution in [2.45, 2.75) is 17.7 Å². The zero-order valence-electron chi connectivity index (χ0n) is 7.82. The van der Waals surface area contributed by atoms with Crippen LogP contribution in [-0.4, -0.2) is 14.9 Å². The summed E-state index contributed by atoms with van der Waals surface area (Å²) in [6, 6.07) is 7.47. The molecule has 1 unspecified atom stereocenters. The van der Waals surface area contributed by atoms with Crippen molar-refractivity contribution in [3.63, 3.8) is 0 Å². The van der Waals surface area contributed by atoms with Gasteiger partial charge in [-0.3, -0.25) is 9.10 Å². The van der Waals surface area contributed by atoms with Crippen molar-refractivity contribution in [3.05, 3.63) is 34.9 Å². The number of carbonyl (C=O) groups is 1. The third kappa shape index (κ3) is 2.80. The number of halogens is 2. The smallest absolute Gasteiger partial charge is 0.235 e. The summed E-state index contributed by atoms with van der Waals surface area (Å²) >= 11 is 13.0. The van der Waals surface area contributed by atoms with E-state index in [1.54, 1.807) is 4.31 Å². The molecule has 0 bridgehead atoms. The van der Waals surface area contributed by atoms with Gasteiger partial charge in [0.2, 0.25) is 5.91 Å². The van der Waals surface area contributed by atoms with Gasteiger partial charge in [0.15, 0.2) is 0 Å². The predicted molar refractivity (Wildman–Crippen MR) is 63.9 cm³/mol. The number of carbonyl (C=O) groups excluding carboxylic acids is 1. The van der Waals surface area contributed by atoms with E-state index in [2.05, 4.69) is 0 Å². The van der Waals surface area contributed by atoms with E-state index in [-0.39, 0.29) is 10.6 Å². The Morgan fingerprint density at radius 3 is 2.60 bits per heavy atom. The van der Waals surface area contributed by atoms with Gasteiger partial charge >= 0.3 is 0 Å². The van der Waals surface area contributed by atoms with E-state index in [4.69, 9.17) is 23.2 Å². The minimum absolute atomic E-state index is 0.0925. The van der Waals surface area contributed by atoms with E-state index in [1.807, 2.05) is 24.3 Å². The number of benzene rings is 1. The van der Waals surface area contributed by atoms with Gasteiger partial charge < -0.3 is 0 Å². The molecule has 0 radical (unpaired) electrons. The Bertz CT molecular complexity index is 368. The number of nitrogens with zero attached hydrogens (tertiary/aromatic N) is 1. The molecule has 0 aliphatic carbocycles. The minimum atomic E-state index is -0.121. The molecule has 1 aromatic carbocycles. The van der Waals surface area contributed by atoms with Crippen LogP contribution < -0.4 is 0 Å². The fraction of sp³-hybridized carbons (Fsp3) is 0.300. The average Bonchev–Trinajstić information content (AvgIpc) is 2.49. The summed E-state index contributed by atoms with van der Waals surface area (Å²) in [7, 11) is 0. The van der Waals surface area contributed by atoms with Gasteiger partial charge in [0.25, 0.3) is 0 Å². The highest BCUT2D eigenvalue weighted by Crippen LogP contribution is 2.33. The Balaban J connectivity index is 2.03. The van der Waals surface area contributed by atoms with Crippen LogP contribution in [0.1, 0.15) is 12.0 Å². The molecule has 1 aliphatic rings. The molecular weight excluding hydrogens is 253 g/mol. The highest BCUT2D eigenvalue weighted by atomic mass is 35.5. The Labute approximate surface area is 103 Å². The van der Waals surface area contributed by atoms with Crippen LogP contribution in [0.3, 0.4) is 0 Å². The maximum atomic E-state index is 11.5. The molecule has 0 saturated carbocycles. The van der Waals surface area contributed by atoms with E-state index in [1.165, 1.54) is 11.9 Å². The van der Waals surface area contributed by atoms with Gasteiger partial charge in [-0.15, -0.1) is 11.6 Å². The second-order valence-corrected chi connectivity index (χ2v) is 5.72. The lowest BCUT2D eigenvalue weighted by atomic mass is 10.2. The molecule has 80 valence electrons. The first-order valence-corrected chi connectivity index (χ1v) is 6.16. The van der Waals surface area contributed by atoms with Crippen molar-refractivity contribution in [1.82, 2.24) is 4.31 Å². The SMILES string of the molecule is O=C1CC(Cl)SN1Cc1ccc(Cl)cc1. The van der Waals surface area contributed by atoms with E-state index >= 15 is 0 Å². The predicted octanol–water partition coefficient (Wildman–Crippen LogP) is 3.29. The quantitative estimate of drug-likeness (QED) is 0.602. The summed E-state index contributed by atoms with van der Waals surface area (Å²) in [4.78, 5) is 11.5. The van der Waals surface area contributed by atoms with Crippen LogP contribution in [0.4, 0.5) is 0 Å². The Kier molecular flexibility index (Phi) is 3.44. The number of hydrogen-bond donors (Lipinski definition) is 0. The van der Waals surface area contributed by atoms with Crippen LogP contribution in [0.2, 0.25) is 5.02 Å². The minimum Gasteiger partial charge on any atom is -0.281 e. The third-order valence-electron chi connectivity index (χ3n) is 2.09. The van der Waals surface area contributed by atoms with Gasteiger partial charge in [-0.1, -0.05) is 23.7 Å². The molecule has 1 aliphatic heterocycles. The lowest BCUT2D eigenvalue weighted by molar-refractivity contribution is -0.125. The van der Waals surface area contributed by atoms with Gasteiger partial charge in [0.1, 0.15) is 4.71 Å². The zero-order valence-corrected chi connectivity index (χ0v) is 10.1. The van der Waals surface area contributed by atoms with Crippen molar-refractivity contribution in [2.75, 3.05) is 0 Å². The first kappa shape index (κ1) is 11.1. The van der Waals surface area contributed by atoms with Crippen LogP contribution in [0.5, 0.6) is 0 Å². The standard InChI is InChI=1S/C10H9Cl2NOS/c11-8-3-1-7(2-4-8)6-13-10(14)5-9(12)15-13/h1-4,9H,5-6H2. The van der Waals surface area contributed by atoms with Crippen molar-refractivity contribution in [2.24, 2.45) is 0 Å². The van der Waals surface area contributed by atoms with E-state index < -0.39 is 0 Å². The van der Waals surface area contributed by atoms with Gasteiger partial charge in [-0.2, -0.15) is 0 Å². The Hall–Kier alpha value is -0.380. The summed E-state index contributed by atoms with van der Waals surface area (Å²) in [6.07, 6.45) is 0.416. The highest BCUT2D eigenvalue weighted by Gasteiger charge is 2.29. The van der Waals surface area contributed by atoms with Crippen molar-refractivity contribution in [3.8, 4) is 0 Å². The molecule has 0 spiro atoms. The number of hydrogen-bond acceptors (Lipinski definition) is 2. The fourth-order valence-electron chi connectivity index (χ4n) is 1.35. The summed E-state index contributed by atoms with van der Waals surface area (Å²) in [5.74, 6) is 0.0925. The summed E-state index contributed by atoms with van der Waals surface area (Å²) in [5.41, 5.74) is 1.06. The van der Waals surface area contributed by atoms with Crippen molar-refractivity contribution in [1.29, 1.82) is 0 Å². The summed E-state index contributed by atoms with van der Waals surface area (Å²) in [5, 5.41) is 0.703. The second-order valence-electron chi connectivity index (χ2n) is 3.28. The molecule has 0 aromatic heterocycles. The number of rotatable bonds is 2. The molecule has 1 aromatic rings. The monoisotopic (exact) mass is 261 g/mol.